The number of carbonyl (C=O) groups excluding carboxylic acids is 2. The summed E-state index contributed by atoms with van der Waals surface area (Å²) in [6.45, 7) is 2.75. The highest BCUT2D eigenvalue weighted by molar-refractivity contribution is 5.94. The Kier molecular flexibility index (Phi) is 5.84. The molecule has 0 aliphatic carbocycles. The Bertz CT molecular complexity index is 806. The molecule has 3 rings (SSSR count). The van der Waals surface area contributed by atoms with Gasteiger partial charge in [-0.2, -0.15) is 0 Å². The van der Waals surface area contributed by atoms with E-state index in [1.807, 2.05) is 6.92 Å². The largest absolute Gasteiger partial charge is 0.349 e. The maximum absolute atomic E-state index is 13.0. The van der Waals surface area contributed by atoms with Crippen molar-refractivity contribution in [2.24, 2.45) is 5.92 Å². The van der Waals surface area contributed by atoms with E-state index in [9.17, 15) is 18.4 Å². The average molecular weight is 372 g/mol. The molecule has 0 radical (unpaired) electrons. The Morgan fingerprint density at radius 2 is 1.63 bits per heavy atom. The van der Waals surface area contributed by atoms with Crippen molar-refractivity contribution in [2.75, 3.05) is 13.1 Å². The predicted molar refractivity (Wildman–Crippen MR) is 98.0 cm³/mol. The van der Waals surface area contributed by atoms with E-state index in [2.05, 4.69) is 5.32 Å². The zero-order valence-electron chi connectivity index (χ0n) is 15.1. The van der Waals surface area contributed by atoms with Gasteiger partial charge in [0.05, 0.1) is 12.0 Å². The fourth-order valence-electron chi connectivity index (χ4n) is 3.32. The zero-order chi connectivity index (χ0) is 19.4. The number of nitrogens with one attached hydrogen (secondary N) is 1. The molecule has 1 fully saturated rings. The van der Waals surface area contributed by atoms with Crippen LogP contribution in [0.2, 0.25) is 0 Å². The van der Waals surface area contributed by atoms with Gasteiger partial charge in [0.15, 0.2) is 0 Å². The van der Waals surface area contributed by atoms with E-state index in [-0.39, 0.29) is 29.6 Å². The first-order valence-electron chi connectivity index (χ1n) is 9.04. The first kappa shape index (κ1) is 19.0. The Hall–Kier alpha value is -2.76. The molecule has 2 aromatic carbocycles. The zero-order valence-corrected chi connectivity index (χ0v) is 15.1. The molecular weight excluding hydrogens is 350 g/mol. The van der Waals surface area contributed by atoms with Gasteiger partial charge in [-0.05, 0) is 61.7 Å². The molecule has 2 atom stereocenters. The smallest absolute Gasteiger partial charge is 0.253 e. The summed E-state index contributed by atoms with van der Waals surface area (Å²) in [6.07, 6.45) is 1.44. The molecule has 0 saturated carbocycles. The van der Waals surface area contributed by atoms with E-state index in [0.717, 1.165) is 12.0 Å². The lowest BCUT2D eigenvalue weighted by molar-refractivity contribution is -0.127. The number of nitrogens with zero attached hydrogens (tertiary/aromatic N) is 1. The average Bonchev–Trinajstić information content (AvgIpc) is 2.68. The number of hydrogen-bond donors (Lipinski definition) is 1. The Morgan fingerprint density at radius 3 is 2.26 bits per heavy atom. The van der Waals surface area contributed by atoms with Crippen LogP contribution in [0.4, 0.5) is 8.78 Å². The minimum atomic E-state index is -0.391. The highest BCUT2D eigenvalue weighted by Crippen LogP contribution is 2.21. The van der Waals surface area contributed by atoms with Crippen molar-refractivity contribution < 1.29 is 18.4 Å². The van der Waals surface area contributed by atoms with Crippen LogP contribution in [0.5, 0.6) is 0 Å². The molecule has 2 aromatic rings. The summed E-state index contributed by atoms with van der Waals surface area (Å²) in [5, 5.41) is 2.94. The van der Waals surface area contributed by atoms with Crippen molar-refractivity contribution in [1.82, 2.24) is 10.2 Å². The van der Waals surface area contributed by atoms with E-state index in [4.69, 9.17) is 0 Å². The molecule has 0 unspecified atom stereocenters. The van der Waals surface area contributed by atoms with E-state index in [1.165, 1.54) is 36.4 Å². The number of likely N-dealkylation sites (tertiary alicyclic amines) is 1. The van der Waals surface area contributed by atoms with Gasteiger partial charge in [0.25, 0.3) is 5.91 Å². The highest BCUT2D eigenvalue weighted by Gasteiger charge is 2.29. The normalized spacial score (nSPS) is 18.0. The number of benzene rings is 2. The fraction of sp³-hybridized carbons (Fsp3) is 0.333. The van der Waals surface area contributed by atoms with Gasteiger partial charge >= 0.3 is 0 Å². The maximum atomic E-state index is 13.0. The van der Waals surface area contributed by atoms with Crippen LogP contribution < -0.4 is 5.32 Å². The Morgan fingerprint density at radius 1 is 1.04 bits per heavy atom. The number of halogens is 2. The van der Waals surface area contributed by atoms with Crippen molar-refractivity contribution in [3.05, 3.63) is 71.3 Å². The lowest BCUT2D eigenvalue weighted by atomic mass is 9.95. The van der Waals surface area contributed by atoms with Gasteiger partial charge in [-0.25, -0.2) is 8.78 Å². The Labute approximate surface area is 157 Å². The van der Waals surface area contributed by atoms with Crippen LogP contribution in [0.1, 0.15) is 41.7 Å². The molecule has 6 heteroatoms. The third-order valence-corrected chi connectivity index (χ3v) is 4.90. The molecule has 1 aliphatic heterocycles. The first-order chi connectivity index (χ1) is 12.9. The molecule has 1 heterocycles. The molecule has 1 N–H and O–H groups in total. The third kappa shape index (κ3) is 4.70. The van der Waals surface area contributed by atoms with Gasteiger partial charge < -0.3 is 10.2 Å². The van der Waals surface area contributed by atoms with Crippen LogP contribution in [0.15, 0.2) is 48.5 Å². The highest BCUT2D eigenvalue weighted by atomic mass is 19.1. The Balaban J connectivity index is 1.61. The van der Waals surface area contributed by atoms with E-state index < -0.39 is 5.82 Å². The first-order valence-corrected chi connectivity index (χ1v) is 9.04. The van der Waals surface area contributed by atoms with Crippen molar-refractivity contribution >= 4 is 11.8 Å². The minimum Gasteiger partial charge on any atom is -0.349 e. The monoisotopic (exact) mass is 372 g/mol. The van der Waals surface area contributed by atoms with Crippen molar-refractivity contribution in [3.63, 3.8) is 0 Å². The third-order valence-electron chi connectivity index (χ3n) is 4.90. The molecular formula is C21H22F2N2O2. The van der Waals surface area contributed by atoms with Gasteiger partial charge in [0.1, 0.15) is 11.6 Å². The lowest BCUT2D eigenvalue weighted by Crippen LogP contribution is -2.45. The molecule has 27 heavy (non-hydrogen) atoms. The second-order valence-corrected chi connectivity index (χ2v) is 6.88. The van der Waals surface area contributed by atoms with Crippen molar-refractivity contribution in [2.45, 2.75) is 25.8 Å². The summed E-state index contributed by atoms with van der Waals surface area (Å²) >= 11 is 0. The van der Waals surface area contributed by atoms with Crippen molar-refractivity contribution in [1.29, 1.82) is 0 Å². The quantitative estimate of drug-likeness (QED) is 0.890. The fourth-order valence-corrected chi connectivity index (χ4v) is 3.32. The van der Waals surface area contributed by atoms with Crippen molar-refractivity contribution in [3.8, 4) is 0 Å². The van der Waals surface area contributed by atoms with Gasteiger partial charge in [-0.15, -0.1) is 0 Å². The molecule has 0 bridgehead atoms. The number of amides is 2. The van der Waals surface area contributed by atoms with Crippen LogP contribution >= 0.6 is 0 Å². The van der Waals surface area contributed by atoms with E-state index >= 15 is 0 Å². The van der Waals surface area contributed by atoms with Gasteiger partial charge in [-0.1, -0.05) is 12.1 Å². The summed E-state index contributed by atoms with van der Waals surface area (Å²) < 4.78 is 26.1. The molecule has 1 saturated heterocycles. The number of carbonyl (C=O) groups is 2. The second-order valence-electron chi connectivity index (χ2n) is 6.88. The molecule has 1 aliphatic rings. The summed E-state index contributed by atoms with van der Waals surface area (Å²) in [6, 6.07) is 11.2. The van der Waals surface area contributed by atoms with Gasteiger partial charge in [-0.3, -0.25) is 9.59 Å². The summed E-state index contributed by atoms with van der Waals surface area (Å²) in [5.74, 6) is -1.33. The van der Waals surface area contributed by atoms with E-state index in [1.54, 1.807) is 17.0 Å². The summed E-state index contributed by atoms with van der Waals surface area (Å²) in [4.78, 5) is 26.9. The minimum absolute atomic E-state index is 0.122. The molecule has 0 spiro atoms. The van der Waals surface area contributed by atoms with Crippen LogP contribution in [0.3, 0.4) is 0 Å². The van der Waals surface area contributed by atoms with Crippen LogP contribution in [-0.4, -0.2) is 29.8 Å². The second kappa shape index (κ2) is 8.29. The van der Waals surface area contributed by atoms with Crippen LogP contribution in [0, 0.1) is 17.6 Å². The summed E-state index contributed by atoms with van der Waals surface area (Å²) in [5.41, 5.74) is 1.23. The number of piperidine rings is 1. The molecule has 142 valence electrons. The van der Waals surface area contributed by atoms with Gasteiger partial charge in [0.2, 0.25) is 5.91 Å². The molecule has 0 aromatic heterocycles. The number of hydrogen-bond acceptors (Lipinski definition) is 2. The van der Waals surface area contributed by atoms with Crippen LogP contribution in [0.25, 0.3) is 0 Å². The molecule has 2 amide bonds. The topological polar surface area (TPSA) is 49.4 Å². The standard InChI is InChI=1S/C21H22F2N2O2/c1-14(15-4-8-18(22)9-5-15)24-20(26)17-3-2-12-25(13-17)21(27)16-6-10-19(23)11-7-16/h4-11,14,17H,2-3,12-13H2,1H3,(H,24,26)/t14-,17-/m0/s1. The summed E-state index contributed by atoms with van der Waals surface area (Å²) in [7, 11) is 0. The number of rotatable bonds is 4. The lowest BCUT2D eigenvalue weighted by Gasteiger charge is -2.32. The predicted octanol–water partition coefficient (Wildman–Crippen LogP) is 3.69. The SMILES string of the molecule is C[C@H](NC(=O)[C@H]1CCCN(C(=O)c2ccc(F)cc2)C1)c1ccc(F)cc1. The van der Waals surface area contributed by atoms with Crippen LogP contribution in [-0.2, 0) is 4.79 Å². The van der Waals surface area contributed by atoms with Gasteiger partial charge in [0, 0.05) is 18.7 Å². The maximum Gasteiger partial charge on any atom is 0.253 e. The molecule has 4 nitrogen and oxygen atoms in total. The van der Waals surface area contributed by atoms with E-state index in [0.29, 0.717) is 25.1 Å².